The lowest BCUT2D eigenvalue weighted by atomic mass is 10.2. The number of hydrogen-bond donors (Lipinski definition) is 1. The second-order valence-corrected chi connectivity index (χ2v) is 6.44. The number of halogens is 2. The van der Waals surface area contributed by atoms with E-state index < -0.39 is 6.10 Å². The number of hydrogen-bond acceptors (Lipinski definition) is 5. The Bertz CT molecular complexity index is 635. The van der Waals surface area contributed by atoms with Crippen molar-refractivity contribution in [1.29, 1.82) is 0 Å². The Balaban J connectivity index is 0.00000182. The first-order chi connectivity index (χ1) is 12.2. The Kier molecular flexibility index (Phi) is 10.5. The Morgan fingerprint density at radius 1 is 1.04 bits per heavy atom. The molecule has 0 bridgehead atoms. The third-order valence-corrected chi connectivity index (χ3v) is 4.59. The lowest BCUT2D eigenvalue weighted by Crippen LogP contribution is -3.00. The Labute approximate surface area is 174 Å². The molecule has 2 aromatic rings. The molecule has 1 aliphatic heterocycles. The first kappa shape index (κ1) is 23.5. The fourth-order valence-electron chi connectivity index (χ4n) is 3.06. The van der Waals surface area contributed by atoms with Crippen LogP contribution < -0.4 is 34.5 Å². The van der Waals surface area contributed by atoms with E-state index in [1.54, 1.807) is 0 Å². The number of piperazine rings is 1. The summed E-state index contributed by atoms with van der Waals surface area (Å²) in [6.07, 6.45) is 2.37. The van der Waals surface area contributed by atoms with Crippen LogP contribution >= 0.6 is 0 Å². The molecule has 3 rings (SSSR count). The average molecular weight is 412 g/mol. The van der Waals surface area contributed by atoms with Crippen molar-refractivity contribution in [2.75, 3.05) is 44.2 Å². The number of anilines is 1. The van der Waals surface area contributed by atoms with Crippen molar-refractivity contribution in [3.8, 4) is 5.75 Å². The molecule has 27 heavy (non-hydrogen) atoms. The van der Waals surface area contributed by atoms with Crippen LogP contribution in [-0.4, -0.2) is 60.4 Å². The largest absolute Gasteiger partial charge is 1.00 e. The van der Waals surface area contributed by atoms with Gasteiger partial charge in [0.05, 0.1) is 0 Å². The van der Waals surface area contributed by atoms with Crippen molar-refractivity contribution in [1.82, 2.24) is 9.88 Å². The standard InChI is InChI=1S/C20H27N3O2.2ClH/c1-2-17-6-8-19(9-7-17)25-16-18(24)15-22-11-13-23(14-12-22)20-5-3-4-10-21-20;;/h3-10,18,24H,2,11-16H2,1H3;2*1H/p-2. The Hall–Kier alpha value is -1.53. The molecule has 150 valence electrons. The van der Waals surface area contributed by atoms with Gasteiger partial charge in [0.25, 0.3) is 0 Å². The van der Waals surface area contributed by atoms with Gasteiger partial charge in [0, 0.05) is 38.9 Å². The van der Waals surface area contributed by atoms with Gasteiger partial charge in [-0.3, -0.25) is 4.90 Å². The van der Waals surface area contributed by atoms with Crippen LogP contribution in [0.2, 0.25) is 0 Å². The van der Waals surface area contributed by atoms with Crippen molar-refractivity contribution in [2.24, 2.45) is 0 Å². The molecule has 0 amide bonds. The molecule has 0 saturated carbocycles. The van der Waals surface area contributed by atoms with Gasteiger partial charge in [0.1, 0.15) is 24.3 Å². The Morgan fingerprint density at radius 3 is 2.33 bits per heavy atom. The fraction of sp³-hybridized carbons (Fsp3) is 0.450. The van der Waals surface area contributed by atoms with Crippen LogP contribution in [-0.2, 0) is 6.42 Å². The predicted octanol–water partition coefficient (Wildman–Crippen LogP) is -3.79. The van der Waals surface area contributed by atoms with Gasteiger partial charge in [-0.15, -0.1) is 0 Å². The number of nitrogens with zero attached hydrogens (tertiary/aromatic N) is 3. The van der Waals surface area contributed by atoms with Crippen molar-refractivity contribution in [3.63, 3.8) is 0 Å². The summed E-state index contributed by atoms with van der Waals surface area (Å²) < 4.78 is 5.70. The highest BCUT2D eigenvalue weighted by molar-refractivity contribution is 5.38. The molecule has 1 aromatic heterocycles. The van der Waals surface area contributed by atoms with Gasteiger partial charge in [-0.25, -0.2) is 4.98 Å². The van der Waals surface area contributed by atoms with E-state index in [-0.39, 0.29) is 24.8 Å². The predicted molar refractivity (Wildman–Crippen MR) is 100 cm³/mol. The van der Waals surface area contributed by atoms with Gasteiger partial charge in [-0.05, 0) is 36.2 Å². The molecule has 0 aliphatic carbocycles. The number of aryl methyl sites for hydroxylation is 1. The smallest absolute Gasteiger partial charge is 0.128 e. The summed E-state index contributed by atoms with van der Waals surface area (Å²) in [6, 6.07) is 14.1. The highest BCUT2D eigenvalue weighted by atomic mass is 35.5. The molecule has 0 spiro atoms. The molecule has 1 aliphatic rings. The molecule has 1 saturated heterocycles. The molecule has 0 radical (unpaired) electrons. The van der Waals surface area contributed by atoms with Gasteiger partial charge in [0.2, 0.25) is 0 Å². The van der Waals surface area contributed by atoms with E-state index in [9.17, 15) is 5.11 Å². The summed E-state index contributed by atoms with van der Waals surface area (Å²) in [5.41, 5.74) is 1.29. The number of pyridine rings is 1. The maximum Gasteiger partial charge on any atom is 0.128 e. The molecule has 1 atom stereocenters. The van der Waals surface area contributed by atoms with E-state index in [1.807, 2.05) is 36.5 Å². The number of β-amino-alcohol motifs (C(OH)–C–C–N with tert-alkyl or cyclic N) is 1. The topological polar surface area (TPSA) is 48.8 Å². The van der Waals surface area contributed by atoms with Gasteiger partial charge in [-0.1, -0.05) is 25.1 Å². The van der Waals surface area contributed by atoms with Crippen molar-refractivity contribution >= 4 is 5.82 Å². The summed E-state index contributed by atoms with van der Waals surface area (Å²) in [6.45, 7) is 6.83. The summed E-state index contributed by atoms with van der Waals surface area (Å²) in [5, 5.41) is 10.3. The molecular weight excluding hydrogens is 385 g/mol. The van der Waals surface area contributed by atoms with Crippen LogP contribution in [0.25, 0.3) is 0 Å². The summed E-state index contributed by atoms with van der Waals surface area (Å²) >= 11 is 0. The fourth-order valence-corrected chi connectivity index (χ4v) is 3.06. The van der Waals surface area contributed by atoms with Gasteiger partial charge >= 0.3 is 0 Å². The first-order valence-electron chi connectivity index (χ1n) is 9.02. The minimum absolute atomic E-state index is 0. The van der Waals surface area contributed by atoms with Gasteiger partial charge in [-0.2, -0.15) is 0 Å². The number of rotatable bonds is 7. The Morgan fingerprint density at radius 2 is 1.74 bits per heavy atom. The normalized spacial score (nSPS) is 15.4. The van der Waals surface area contributed by atoms with Crippen molar-refractivity contribution in [2.45, 2.75) is 19.4 Å². The maximum atomic E-state index is 10.3. The molecule has 7 heteroatoms. The quantitative estimate of drug-likeness (QED) is 0.506. The number of ether oxygens (including phenoxy) is 1. The highest BCUT2D eigenvalue weighted by Gasteiger charge is 2.20. The van der Waals surface area contributed by atoms with Crippen LogP contribution in [0.4, 0.5) is 5.82 Å². The van der Waals surface area contributed by atoms with Crippen LogP contribution in [0.5, 0.6) is 5.75 Å². The number of aliphatic hydroxyl groups is 1. The first-order valence-corrected chi connectivity index (χ1v) is 9.02. The zero-order valence-corrected chi connectivity index (χ0v) is 17.1. The summed E-state index contributed by atoms with van der Waals surface area (Å²) in [7, 11) is 0. The van der Waals surface area contributed by atoms with E-state index in [0.717, 1.165) is 44.2 Å². The van der Waals surface area contributed by atoms with Crippen molar-refractivity contribution < 1.29 is 34.7 Å². The minimum Gasteiger partial charge on any atom is -1.00 e. The van der Waals surface area contributed by atoms with E-state index in [4.69, 9.17) is 4.74 Å². The van der Waals surface area contributed by atoms with Crippen LogP contribution in [0.3, 0.4) is 0 Å². The SMILES string of the molecule is CCc1ccc(OCC(O)CN2CCN(c3ccccn3)CC2)cc1.[Cl-].[Cl-]. The molecular formula is C20H27Cl2N3O2-2. The minimum atomic E-state index is -0.479. The maximum absolute atomic E-state index is 10.3. The molecule has 2 heterocycles. The third kappa shape index (κ3) is 7.18. The number of aliphatic hydroxyl groups excluding tert-OH is 1. The second kappa shape index (κ2) is 12.0. The lowest BCUT2D eigenvalue weighted by molar-refractivity contribution is -0.001000. The molecule has 1 aromatic carbocycles. The molecule has 1 unspecified atom stereocenters. The monoisotopic (exact) mass is 411 g/mol. The zero-order valence-electron chi connectivity index (χ0n) is 15.6. The number of benzene rings is 1. The van der Waals surface area contributed by atoms with Crippen LogP contribution in [0, 0.1) is 0 Å². The molecule has 1 fully saturated rings. The van der Waals surface area contributed by atoms with E-state index in [2.05, 4.69) is 33.8 Å². The van der Waals surface area contributed by atoms with E-state index in [1.165, 1.54) is 5.56 Å². The average Bonchev–Trinajstić information content (AvgIpc) is 2.68. The number of aromatic nitrogens is 1. The molecule has 1 N–H and O–H groups in total. The van der Waals surface area contributed by atoms with Gasteiger partial charge < -0.3 is 39.6 Å². The van der Waals surface area contributed by atoms with E-state index in [0.29, 0.717) is 13.2 Å². The summed E-state index contributed by atoms with van der Waals surface area (Å²) in [5.74, 6) is 1.85. The van der Waals surface area contributed by atoms with Crippen LogP contribution in [0.15, 0.2) is 48.7 Å². The second-order valence-electron chi connectivity index (χ2n) is 6.44. The summed E-state index contributed by atoms with van der Waals surface area (Å²) in [4.78, 5) is 8.97. The zero-order chi connectivity index (χ0) is 17.5. The highest BCUT2D eigenvalue weighted by Crippen LogP contribution is 2.14. The molecule has 5 nitrogen and oxygen atoms in total. The third-order valence-electron chi connectivity index (χ3n) is 4.59. The van der Waals surface area contributed by atoms with Gasteiger partial charge in [0.15, 0.2) is 0 Å². The lowest BCUT2D eigenvalue weighted by Gasteiger charge is -2.36. The van der Waals surface area contributed by atoms with Crippen LogP contribution in [0.1, 0.15) is 12.5 Å². The van der Waals surface area contributed by atoms with Crippen molar-refractivity contribution in [3.05, 3.63) is 54.2 Å². The van der Waals surface area contributed by atoms with E-state index >= 15 is 0 Å².